The molecule has 1 aromatic rings. The highest BCUT2D eigenvalue weighted by Crippen LogP contribution is 2.29. The first-order chi connectivity index (χ1) is 8.78. The number of carbonyl (C=O) groups is 1. The Labute approximate surface area is 115 Å². The van der Waals surface area contributed by atoms with E-state index in [1.807, 2.05) is 0 Å². The molecule has 0 radical (unpaired) electrons. The van der Waals surface area contributed by atoms with Crippen LogP contribution >= 0.6 is 23.1 Å². The fourth-order valence-corrected chi connectivity index (χ4v) is 2.97. The summed E-state index contributed by atoms with van der Waals surface area (Å²) in [5.41, 5.74) is 0. The van der Waals surface area contributed by atoms with Crippen LogP contribution in [-0.4, -0.2) is 34.4 Å². The summed E-state index contributed by atoms with van der Waals surface area (Å²) in [6.45, 7) is 2.87. The largest absolute Gasteiger partial charge is 0.357 e. The maximum atomic E-state index is 11.5. The first-order valence-electron chi connectivity index (χ1n) is 6.27. The molecule has 0 unspecified atom stereocenters. The molecule has 0 bridgehead atoms. The van der Waals surface area contributed by atoms with Crippen molar-refractivity contribution >= 4 is 34.1 Å². The van der Waals surface area contributed by atoms with Gasteiger partial charge in [0.25, 0.3) is 0 Å². The third kappa shape index (κ3) is 4.81. The Balaban J connectivity index is 1.65. The molecule has 1 aromatic heterocycles. The van der Waals surface area contributed by atoms with E-state index in [1.54, 1.807) is 0 Å². The number of anilines is 1. The van der Waals surface area contributed by atoms with Gasteiger partial charge in [-0.2, -0.15) is 0 Å². The molecular weight excluding hydrogens is 268 g/mol. The third-order valence-electron chi connectivity index (χ3n) is 2.49. The molecule has 0 atom stereocenters. The van der Waals surface area contributed by atoms with Gasteiger partial charge in [0.15, 0.2) is 4.34 Å². The summed E-state index contributed by atoms with van der Waals surface area (Å²) in [5, 5.41) is 15.2. The van der Waals surface area contributed by atoms with Crippen molar-refractivity contribution in [3.63, 3.8) is 0 Å². The maximum absolute atomic E-state index is 11.5. The second kappa shape index (κ2) is 6.94. The van der Waals surface area contributed by atoms with Gasteiger partial charge in [0.05, 0.1) is 5.75 Å². The Kier molecular flexibility index (Phi) is 5.25. The van der Waals surface area contributed by atoms with E-state index in [4.69, 9.17) is 0 Å². The molecule has 100 valence electrons. The molecule has 2 N–H and O–H groups in total. The van der Waals surface area contributed by atoms with E-state index in [9.17, 15) is 4.79 Å². The van der Waals surface area contributed by atoms with Gasteiger partial charge in [0.2, 0.25) is 11.0 Å². The standard InChI is InChI=1S/C11H18N4OS2/c1-2-3-6-12-9(16)7-17-11-15-14-10(18-11)13-8-4-5-8/h8H,2-7H2,1H3,(H,12,16)(H,13,14). The fourth-order valence-electron chi connectivity index (χ4n) is 1.31. The lowest BCUT2D eigenvalue weighted by molar-refractivity contribution is -0.118. The van der Waals surface area contributed by atoms with Crippen LogP contribution in [0.5, 0.6) is 0 Å². The Morgan fingerprint density at radius 3 is 3.06 bits per heavy atom. The first-order valence-corrected chi connectivity index (χ1v) is 8.07. The normalized spacial score (nSPS) is 14.5. The highest BCUT2D eigenvalue weighted by Gasteiger charge is 2.22. The number of aromatic nitrogens is 2. The number of unbranched alkanes of at least 4 members (excludes halogenated alkanes) is 1. The molecule has 1 amide bonds. The van der Waals surface area contributed by atoms with Crippen molar-refractivity contribution in [2.75, 3.05) is 17.6 Å². The minimum Gasteiger partial charge on any atom is -0.357 e. The van der Waals surface area contributed by atoms with Gasteiger partial charge in [0.1, 0.15) is 0 Å². The van der Waals surface area contributed by atoms with E-state index < -0.39 is 0 Å². The number of nitrogens with one attached hydrogen (secondary N) is 2. The minimum absolute atomic E-state index is 0.0698. The van der Waals surface area contributed by atoms with Gasteiger partial charge >= 0.3 is 0 Å². The summed E-state index contributed by atoms with van der Waals surface area (Å²) < 4.78 is 0.851. The molecule has 2 rings (SSSR count). The predicted octanol–water partition coefficient (Wildman–Crippen LogP) is 2.12. The lowest BCUT2D eigenvalue weighted by atomic mass is 10.3. The molecule has 1 saturated carbocycles. The van der Waals surface area contributed by atoms with Crippen LogP contribution in [0.25, 0.3) is 0 Å². The zero-order valence-corrected chi connectivity index (χ0v) is 12.1. The van der Waals surface area contributed by atoms with Gasteiger partial charge in [-0.3, -0.25) is 4.79 Å². The third-order valence-corrected chi connectivity index (χ3v) is 4.48. The molecule has 0 aromatic carbocycles. The maximum Gasteiger partial charge on any atom is 0.230 e. The van der Waals surface area contributed by atoms with E-state index in [-0.39, 0.29) is 5.91 Å². The van der Waals surface area contributed by atoms with Crippen molar-refractivity contribution < 1.29 is 4.79 Å². The Bertz CT molecular complexity index is 392. The number of nitrogens with zero attached hydrogens (tertiary/aromatic N) is 2. The van der Waals surface area contributed by atoms with Gasteiger partial charge in [-0.25, -0.2) is 0 Å². The SMILES string of the molecule is CCCCNC(=O)CSc1nnc(NC2CC2)s1. The Morgan fingerprint density at radius 2 is 2.33 bits per heavy atom. The van der Waals surface area contributed by atoms with Crippen molar-refractivity contribution in [2.24, 2.45) is 0 Å². The molecule has 7 heteroatoms. The van der Waals surface area contributed by atoms with E-state index in [2.05, 4.69) is 27.8 Å². The van der Waals surface area contributed by atoms with Gasteiger partial charge in [0, 0.05) is 12.6 Å². The number of rotatable bonds is 8. The Morgan fingerprint density at radius 1 is 1.50 bits per heavy atom. The van der Waals surface area contributed by atoms with Crippen LogP contribution in [0.15, 0.2) is 4.34 Å². The van der Waals surface area contributed by atoms with E-state index >= 15 is 0 Å². The van der Waals surface area contributed by atoms with Crippen molar-refractivity contribution in [3.05, 3.63) is 0 Å². The van der Waals surface area contributed by atoms with E-state index in [0.29, 0.717) is 11.8 Å². The first kappa shape index (κ1) is 13.6. The summed E-state index contributed by atoms with van der Waals surface area (Å²) in [7, 11) is 0. The van der Waals surface area contributed by atoms with Crippen LogP contribution in [0.4, 0.5) is 5.13 Å². The van der Waals surface area contributed by atoms with Crippen LogP contribution in [0, 0.1) is 0 Å². The molecule has 0 spiro atoms. The van der Waals surface area contributed by atoms with Crippen LogP contribution in [0.2, 0.25) is 0 Å². The monoisotopic (exact) mass is 286 g/mol. The molecule has 5 nitrogen and oxygen atoms in total. The molecule has 1 fully saturated rings. The van der Waals surface area contributed by atoms with Gasteiger partial charge in [-0.05, 0) is 19.3 Å². The van der Waals surface area contributed by atoms with Crippen LogP contribution in [-0.2, 0) is 4.79 Å². The van der Waals surface area contributed by atoms with Crippen molar-refractivity contribution in [1.82, 2.24) is 15.5 Å². The molecule has 1 aliphatic carbocycles. The molecule has 1 heterocycles. The van der Waals surface area contributed by atoms with Crippen molar-refractivity contribution in [2.45, 2.75) is 43.0 Å². The zero-order valence-electron chi connectivity index (χ0n) is 10.4. The van der Waals surface area contributed by atoms with Crippen LogP contribution < -0.4 is 10.6 Å². The van der Waals surface area contributed by atoms with Crippen LogP contribution in [0.3, 0.4) is 0 Å². The minimum atomic E-state index is 0.0698. The lowest BCUT2D eigenvalue weighted by Crippen LogP contribution is -2.25. The van der Waals surface area contributed by atoms with Gasteiger partial charge < -0.3 is 10.6 Å². The highest BCUT2D eigenvalue weighted by molar-refractivity contribution is 8.01. The number of hydrogen-bond acceptors (Lipinski definition) is 6. The summed E-state index contributed by atoms with van der Waals surface area (Å²) in [5.74, 6) is 0.488. The summed E-state index contributed by atoms with van der Waals surface area (Å²) in [4.78, 5) is 11.5. The average molecular weight is 286 g/mol. The predicted molar refractivity (Wildman–Crippen MR) is 75.2 cm³/mol. The zero-order chi connectivity index (χ0) is 12.8. The summed E-state index contributed by atoms with van der Waals surface area (Å²) >= 11 is 2.97. The topological polar surface area (TPSA) is 66.9 Å². The molecule has 0 aliphatic heterocycles. The smallest absolute Gasteiger partial charge is 0.230 e. The molecule has 18 heavy (non-hydrogen) atoms. The summed E-state index contributed by atoms with van der Waals surface area (Å²) in [6.07, 6.45) is 4.58. The quantitative estimate of drug-likeness (QED) is 0.566. The van der Waals surface area contributed by atoms with E-state index in [0.717, 1.165) is 28.9 Å². The molecule has 0 saturated heterocycles. The number of amides is 1. The van der Waals surface area contributed by atoms with Crippen molar-refractivity contribution in [1.29, 1.82) is 0 Å². The fraction of sp³-hybridized carbons (Fsp3) is 0.727. The van der Waals surface area contributed by atoms with Gasteiger partial charge in [-0.15, -0.1) is 10.2 Å². The molecular formula is C11H18N4OS2. The highest BCUT2D eigenvalue weighted by atomic mass is 32.2. The summed E-state index contributed by atoms with van der Waals surface area (Å²) in [6, 6.07) is 0.591. The second-order valence-electron chi connectivity index (χ2n) is 4.28. The average Bonchev–Trinajstić information content (AvgIpc) is 3.05. The number of carbonyl (C=O) groups excluding carboxylic acids is 1. The van der Waals surface area contributed by atoms with Crippen molar-refractivity contribution in [3.8, 4) is 0 Å². The second-order valence-corrected chi connectivity index (χ2v) is 6.48. The number of thioether (sulfide) groups is 1. The Hall–Kier alpha value is -0.820. The van der Waals surface area contributed by atoms with Crippen LogP contribution in [0.1, 0.15) is 32.6 Å². The van der Waals surface area contributed by atoms with Gasteiger partial charge in [-0.1, -0.05) is 36.4 Å². The lowest BCUT2D eigenvalue weighted by Gasteiger charge is -2.01. The van der Waals surface area contributed by atoms with E-state index in [1.165, 1.54) is 35.9 Å². The molecule has 1 aliphatic rings. The number of hydrogen-bond donors (Lipinski definition) is 2.